The van der Waals surface area contributed by atoms with E-state index in [1.165, 1.54) is 0 Å². The van der Waals surface area contributed by atoms with Gasteiger partial charge in [-0.05, 0) is 18.8 Å². The largest absolute Gasteiger partial charge is 0.464 e. The quantitative estimate of drug-likeness (QED) is 0.443. The van der Waals surface area contributed by atoms with Gasteiger partial charge in [0.25, 0.3) is 0 Å². The third-order valence-corrected chi connectivity index (χ3v) is 2.16. The highest BCUT2D eigenvalue weighted by molar-refractivity contribution is 5.73. The summed E-state index contributed by atoms with van der Waals surface area (Å²) in [6.07, 6.45) is 2.63. The van der Waals surface area contributed by atoms with Crippen molar-refractivity contribution < 1.29 is 23.8 Å². The Hall–Kier alpha value is -1.10. The van der Waals surface area contributed by atoms with Crippen LogP contribution >= 0.6 is 0 Å². The molecular formula is C13H24O5. The molecule has 5 heteroatoms. The van der Waals surface area contributed by atoms with Crippen molar-refractivity contribution in [1.82, 2.24) is 0 Å². The fraction of sp³-hybridized carbons (Fsp3) is 0.846. The van der Waals surface area contributed by atoms with Gasteiger partial charge < -0.3 is 14.2 Å². The van der Waals surface area contributed by atoms with Gasteiger partial charge in [-0.2, -0.15) is 0 Å². The highest BCUT2D eigenvalue weighted by Crippen LogP contribution is 1.99. The number of esters is 2. The summed E-state index contributed by atoms with van der Waals surface area (Å²) < 4.78 is 14.7. The Labute approximate surface area is 109 Å². The Morgan fingerprint density at radius 3 is 2.06 bits per heavy atom. The van der Waals surface area contributed by atoms with E-state index in [2.05, 4.69) is 13.8 Å². The standard InChI is InChI=1S/C13H24O5/c1-4-5-7-17-12(14)9-16-10-13(15)18-8-6-11(2)3/h11H,4-10H2,1-3H3. The summed E-state index contributed by atoms with van der Waals surface area (Å²) in [5.74, 6) is -0.400. The average Bonchev–Trinajstić information content (AvgIpc) is 2.29. The van der Waals surface area contributed by atoms with Crippen molar-refractivity contribution in [2.45, 2.75) is 40.0 Å². The molecule has 0 aliphatic rings. The zero-order chi connectivity index (χ0) is 13.8. The van der Waals surface area contributed by atoms with Crippen LogP contribution in [0.4, 0.5) is 0 Å². The van der Waals surface area contributed by atoms with E-state index in [-0.39, 0.29) is 13.2 Å². The minimum atomic E-state index is -0.447. The van der Waals surface area contributed by atoms with Crippen LogP contribution in [-0.2, 0) is 23.8 Å². The zero-order valence-electron chi connectivity index (χ0n) is 11.6. The van der Waals surface area contributed by atoms with Crippen LogP contribution in [0.3, 0.4) is 0 Å². The molecule has 0 aromatic carbocycles. The fourth-order valence-corrected chi connectivity index (χ4v) is 1.04. The Bertz CT molecular complexity index is 238. The zero-order valence-corrected chi connectivity index (χ0v) is 11.6. The van der Waals surface area contributed by atoms with E-state index >= 15 is 0 Å². The van der Waals surface area contributed by atoms with E-state index in [0.29, 0.717) is 19.1 Å². The molecule has 0 atom stereocenters. The van der Waals surface area contributed by atoms with Crippen LogP contribution in [0, 0.1) is 5.92 Å². The van der Waals surface area contributed by atoms with Crippen LogP contribution in [0.5, 0.6) is 0 Å². The molecule has 0 aliphatic heterocycles. The van der Waals surface area contributed by atoms with Crippen molar-refractivity contribution in [3.63, 3.8) is 0 Å². The maximum atomic E-state index is 11.2. The number of rotatable bonds is 10. The normalized spacial score (nSPS) is 10.4. The highest BCUT2D eigenvalue weighted by Gasteiger charge is 2.07. The maximum Gasteiger partial charge on any atom is 0.332 e. The van der Waals surface area contributed by atoms with Crippen LogP contribution in [0.1, 0.15) is 40.0 Å². The second kappa shape index (κ2) is 11.0. The SMILES string of the molecule is CCCCOC(=O)COCC(=O)OCCC(C)C. The van der Waals surface area contributed by atoms with Gasteiger partial charge in [0.05, 0.1) is 13.2 Å². The first-order valence-electron chi connectivity index (χ1n) is 6.45. The lowest BCUT2D eigenvalue weighted by atomic mass is 10.1. The topological polar surface area (TPSA) is 61.8 Å². The van der Waals surface area contributed by atoms with Gasteiger partial charge in [-0.25, -0.2) is 9.59 Å². The Morgan fingerprint density at radius 1 is 1.00 bits per heavy atom. The molecule has 0 rings (SSSR count). The van der Waals surface area contributed by atoms with Crippen LogP contribution in [0.25, 0.3) is 0 Å². The van der Waals surface area contributed by atoms with E-state index in [0.717, 1.165) is 19.3 Å². The molecule has 0 heterocycles. The van der Waals surface area contributed by atoms with E-state index in [1.807, 2.05) is 6.92 Å². The van der Waals surface area contributed by atoms with Crippen LogP contribution in [-0.4, -0.2) is 38.4 Å². The number of carbonyl (C=O) groups is 2. The van der Waals surface area contributed by atoms with Gasteiger partial charge in [0.1, 0.15) is 13.2 Å². The molecule has 0 aromatic rings. The van der Waals surface area contributed by atoms with Crippen molar-refractivity contribution in [3.8, 4) is 0 Å². The van der Waals surface area contributed by atoms with Crippen molar-refractivity contribution in [2.75, 3.05) is 26.4 Å². The molecule has 106 valence electrons. The van der Waals surface area contributed by atoms with Crippen molar-refractivity contribution >= 4 is 11.9 Å². The predicted molar refractivity (Wildman–Crippen MR) is 67.1 cm³/mol. The Kier molecular flexibility index (Phi) is 10.3. The van der Waals surface area contributed by atoms with Crippen molar-refractivity contribution in [2.24, 2.45) is 5.92 Å². The molecule has 18 heavy (non-hydrogen) atoms. The van der Waals surface area contributed by atoms with Gasteiger partial charge >= 0.3 is 11.9 Å². The van der Waals surface area contributed by atoms with Gasteiger partial charge in [0.2, 0.25) is 0 Å². The molecular weight excluding hydrogens is 236 g/mol. The second-order valence-electron chi connectivity index (χ2n) is 4.47. The van der Waals surface area contributed by atoms with Gasteiger partial charge in [0, 0.05) is 0 Å². The van der Waals surface area contributed by atoms with Crippen LogP contribution < -0.4 is 0 Å². The number of hydrogen-bond donors (Lipinski definition) is 0. The van der Waals surface area contributed by atoms with Crippen molar-refractivity contribution in [1.29, 1.82) is 0 Å². The van der Waals surface area contributed by atoms with Gasteiger partial charge in [-0.1, -0.05) is 27.2 Å². The smallest absolute Gasteiger partial charge is 0.332 e. The minimum absolute atomic E-state index is 0.205. The van der Waals surface area contributed by atoms with Gasteiger partial charge in [-0.15, -0.1) is 0 Å². The Balaban J connectivity index is 3.41. The summed E-state index contributed by atoms with van der Waals surface area (Å²) in [5, 5.41) is 0. The molecule has 5 nitrogen and oxygen atoms in total. The van der Waals surface area contributed by atoms with Gasteiger partial charge in [-0.3, -0.25) is 0 Å². The average molecular weight is 260 g/mol. The number of carbonyl (C=O) groups excluding carboxylic acids is 2. The summed E-state index contributed by atoms with van der Waals surface area (Å²) in [4.78, 5) is 22.3. The molecule has 0 bridgehead atoms. The molecule has 0 aromatic heterocycles. The third-order valence-electron chi connectivity index (χ3n) is 2.16. The van der Waals surface area contributed by atoms with Crippen molar-refractivity contribution in [3.05, 3.63) is 0 Å². The Morgan fingerprint density at radius 2 is 1.56 bits per heavy atom. The van der Waals surface area contributed by atoms with Crippen LogP contribution in [0.15, 0.2) is 0 Å². The molecule has 0 aliphatic carbocycles. The van der Waals surface area contributed by atoms with Crippen LogP contribution in [0.2, 0.25) is 0 Å². The van der Waals surface area contributed by atoms with Gasteiger partial charge in [0.15, 0.2) is 0 Å². The lowest BCUT2D eigenvalue weighted by Gasteiger charge is -2.07. The fourth-order valence-electron chi connectivity index (χ4n) is 1.04. The molecule has 0 saturated carbocycles. The number of ether oxygens (including phenoxy) is 3. The predicted octanol–water partition coefficient (Wildman–Crippen LogP) is 1.94. The summed E-state index contributed by atoms with van der Waals surface area (Å²) in [6.45, 7) is 6.49. The maximum absolute atomic E-state index is 11.2. The number of unbranched alkanes of at least 4 members (excludes halogenated alkanes) is 1. The number of hydrogen-bond acceptors (Lipinski definition) is 5. The third kappa shape index (κ3) is 11.4. The van der Waals surface area contributed by atoms with E-state index in [9.17, 15) is 9.59 Å². The first-order valence-corrected chi connectivity index (χ1v) is 6.45. The van der Waals surface area contributed by atoms with E-state index in [1.54, 1.807) is 0 Å². The van der Waals surface area contributed by atoms with E-state index in [4.69, 9.17) is 14.2 Å². The lowest BCUT2D eigenvalue weighted by Crippen LogP contribution is -2.19. The molecule has 0 fully saturated rings. The second-order valence-corrected chi connectivity index (χ2v) is 4.47. The summed E-state index contributed by atoms with van der Waals surface area (Å²) in [6, 6.07) is 0. The molecule has 0 spiro atoms. The summed E-state index contributed by atoms with van der Waals surface area (Å²) >= 11 is 0. The molecule has 0 saturated heterocycles. The minimum Gasteiger partial charge on any atom is -0.464 e. The highest BCUT2D eigenvalue weighted by atomic mass is 16.6. The molecule has 0 N–H and O–H groups in total. The first kappa shape index (κ1) is 16.9. The lowest BCUT2D eigenvalue weighted by molar-refractivity contribution is -0.155. The summed E-state index contributed by atoms with van der Waals surface area (Å²) in [7, 11) is 0. The summed E-state index contributed by atoms with van der Waals surface area (Å²) in [5.41, 5.74) is 0. The van der Waals surface area contributed by atoms with E-state index < -0.39 is 11.9 Å². The first-order chi connectivity index (χ1) is 8.56. The molecule has 0 amide bonds. The molecule has 0 radical (unpaired) electrons. The monoisotopic (exact) mass is 260 g/mol. The molecule has 0 unspecified atom stereocenters.